The molecule has 90 valence electrons. The summed E-state index contributed by atoms with van der Waals surface area (Å²) in [6.45, 7) is 13.1. The Labute approximate surface area is 113 Å². The topological polar surface area (TPSA) is 9.23 Å². The molecule has 0 N–H and O–H groups in total. The third-order valence-electron chi connectivity index (χ3n) is 2.83. The largest absolute Gasteiger partial charge is 0.305 e. The number of halogens is 1. The molecule has 0 aliphatic carbocycles. The van der Waals surface area contributed by atoms with Crippen LogP contribution in [0.4, 0.5) is 0 Å². The lowest BCUT2D eigenvalue weighted by molar-refractivity contribution is 0.176. The van der Waals surface area contributed by atoms with E-state index in [-0.39, 0.29) is 11.0 Å². The zero-order valence-electron chi connectivity index (χ0n) is 11.0. The first-order valence-electron chi connectivity index (χ1n) is 5.59. The molecule has 0 bridgehead atoms. The Bertz CT molecular complexity index is 375. The molecule has 0 spiro atoms. The molecule has 1 nitrogen and oxygen atoms in total. The number of benzene rings is 1. The highest BCUT2D eigenvalue weighted by atomic mass is 127. The van der Waals surface area contributed by atoms with E-state index in [1.54, 1.807) is 0 Å². The molecular formula is C14H21IO. The number of hydrogen-bond donors (Lipinski definition) is 0. The van der Waals surface area contributed by atoms with Gasteiger partial charge in [0.05, 0.1) is 0 Å². The van der Waals surface area contributed by atoms with Crippen molar-refractivity contribution < 1.29 is 3.07 Å². The van der Waals surface area contributed by atoms with Gasteiger partial charge < -0.3 is 3.07 Å². The minimum Gasteiger partial charge on any atom is -0.305 e. The first-order chi connectivity index (χ1) is 7.16. The van der Waals surface area contributed by atoms with Crippen molar-refractivity contribution in [1.29, 1.82) is 0 Å². The van der Waals surface area contributed by atoms with Crippen LogP contribution in [0, 0.1) is 6.92 Å². The molecule has 0 saturated heterocycles. The second-order valence-electron chi connectivity index (χ2n) is 5.93. The molecule has 1 aromatic rings. The molecule has 1 rings (SSSR count). The fourth-order valence-electron chi connectivity index (χ4n) is 1.61. The van der Waals surface area contributed by atoms with E-state index in [1.807, 2.05) is 23.0 Å². The van der Waals surface area contributed by atoms with Crippen LogP contribution in [0.5, 0.6) is 0 Å². The molecule has 0 atom stereocenters. The van der Waals surface area contributed by atoms with Gasteiger partial charge in [0.2, 0.25) is 0 Å². The SMILES string of the molecule is Cc1cc(C(C)(C)C)cc(C(C)(C)OI)c1. The fourth-order valence-corrected chi connectivity index (χ4v) is 1.86. The number of rotatable bonds is 2. The summed E-state index contributed by atoms with van der Waals surface area (Å²) >= 11 is 1.98. The summed E-state index contributed by atoms with van der Waals surface area (Å²) in [5.74, 6) is 0. The van der Waals surface area contributed by atoms with E-state index >= 15 is 0 Å². The average Bonchev–Trinajstić information content (AvgIpc) is 2.15. The van der Waals surface area contributed by atoms with Gasteiger partial charge in [-0.15, -0.1) is 0 Å². The van der Waals surface area contributed by atoms with Gasteiger partial charge in [-0.3, -0.25) is 0 Å². The van der Waals surface area contributed by atoms with Gasteiger partial charge >= 0.3 is 0 Å². The van der Waals surface area contributed by atoms with Crippen LogP contribution in [-0.4, -0.2) is 0 Å². The second kappa shape index (κ2) is 4.65. The Morgan fingerprint density at radius 1 is 0.938 bits per heavy atom. The normalized spacial score (nSPS) is 12.9. The molecule has 0 amide bonds. The van der Waals surface area contributed by atoms with Crippen molar-refractivity contribution in [1.82, 2.24) is 0 Å². The Morgan fingerprint density at radius 2 is 1.44 bits per heavy atom. The van der Waals surface area contributed by atoms with Crippen LogP contribution >= 0.6 is 23.0 Å². The molecule has 0 aliphatic heterocycles. The third-order valence-corrected chi connectivity index (χ3v) is 3.93. The summed E-state index contributed by atoms with van der Waals surface area (Å²) in [6, 6.07) is 6.71. The van der Waals surface area contributed by atoms with Crippen molar-refractivity contribution in [2.45, 2.75) is 52.6 Å². The van der Waals surface area contributed by atoms with E-state index in [9.17, 15) is 0 Å². The summed E-state index contributed by atoms with van der Waals surface area (Å²) in [4.78, 5) is 0. The summed E-state index contributed by atoms with van der Waals surface area (Å²) in [5.41, 5.74) is 3.86. The molecule has 2 heteroatoms. The molecule has 1 aromatic carbocycles. The standard InChI is InChI=1S/C14H21IO/c1-10-7-11(13(2,3)4)9-12(8-10)14(5,6)16-15/h7-9H,1-6H3. The van der Waals surface area contributed by atoms with Gasteiger partial charge in [-0.2, -0.15) is 0 Å². The van der Waals surface area contributed by atoms with Crippen molar-refractivity contribution >= 4 is 23.0 Å². The average molecular weight is 332 g/mol. The maximum Gasteiger partial charge on any atom is 0.110 e. The summed E-state index contributed by atoms with van der Waals surface area (Å²) in [6.07, 6.45) is 0. The molecule has 16 heavy (non-hydrogen) atoms. The summed E-state index contributed by atoms with van der Waals surface area (Å²) in [7, 11) is 0. The van der Waals surface area contributed by atoms with E-state index in [1.165, 1.54) is 16.7 Å². The van der Waals surface area contributed by atoms with E-state index in [4.69, 9.17) is 3.07 Å². The Hall–Kier alpha value is -0.0900. The molecule has 0 aromatic heterocycles. The van der Waals surface area contributed by atoms with Crippen LogP contribution in [0.1, 0.15) is 51.3 Å². The van der Waals surface area contributed by atoms with Crippen molar-refractivity contribution in [2.75, 3.05) is 0 Å². The van der Waals surface area contributed by atoms with Gasteiger partial charge in [-0.25, -0.2) is 0 Å². The van der Waals surface area contributed by atoms with Crippen molar-refractivity contribution in [3.63, 3.8) is 0 Å². The Balaban J connectivity index is 3.29. The third kappa shape index (κ3) is 3.20. The smallest absolute Gasteiger partial charge is 0.110 e. The Kier molecular flexibility index (Phi) is 4.06. The molecule has 0 aliphatic rings. The van der Waals surface area contributed by atoms with Crippen LogP contribution in [0.2, 0.25) is 0 Å². The highest BCUT2D eigenvalue weighted by molar-refractivity contribution is 14.1. The quantitative estimate of drug-likeness (QED) is 0.701. The highest BCUT2D eigenvalue weighted by Gasteiger charge is 2.23. The van der Waals surface area contributed by atoms with Crippen molar-refractivity contribution in [2.24, 2.45) is 0 Å². The molecule has 0 heterocycles. The van der Waals surface area contributed by atoms with Crippen LogP contribution in [0.3, 0.4) is 0 Å². The predicted octanol–water partition coefficient (Wildman–Crippen LogP) is 4.89. The van der Waals surface area contributed by atoms with Crippen LogP contribution < -0.4 is 0 Å². The van der Waals surface area contributed by atoms with Gasteiger partial charge in [0.1, 0.15) is 28.6 Å². The number of hydrogen-bond acceptors (Lipinski definition) is 1. The second-order valence-corrected chi connectivity index (χ2v) is 6.37. The van der Waals surface area contributed by atoms with Crippen LogP contribution in [-0.2, 0) is 14.1 Å². The Morgan fingerprint density at radius 3 is 1.88 bits per heavy atom. The monoisotopic (exact) mass is 332 g/mol. The van der Waals surface area contributed by atoms with Crippen molar-refractivity contribution in [3.8, 4) is 0 Å². The van der Waals surface area contributed by atoms with Crippen LogP contribution in [0.25, 0.3) is 0 Å². The number of aryl methyl sites for hydroxylation is 1. The van der Waals surface area contributed by atoms with E-state index in [2.05, 4.69) is 59.7 Å². The van der Waals surface area contributed by atoms with E-state index < -0.39 is 0 Å². The van der Waals surface area contributed by atoms with Crippen LogP contribution in [0.15, 0.2) is 18.2 Å². The van der Waals surface area contributed by atoms with E-state index in [0.29, 0.717) is 0 Å². The van der Waals surface area contributed by atoms with Gasteiger partial charge in [-0.1, -0.05) is 44.5 Å². The zero-order valence-corrected chi connectivity index (χ0v) is 13.2. The maximum atomic E-state index is 5.52. The zero-order chi connectivity index (χ0) is 12.6. The molecular weight excluding hydrogens is 311 g/mol. The lowest BCUT2D eigenvalue weighted by atomic mass is 9.83. The highest BCUT2D eigenvalue weighted by Crippen LogP contribution is 2.32. The molecule has 0 saturated carbocycles. The molecule has 0 unspecified atom stereocenters. The lowest BCUT2D eigenvalue weighted by Gasteiger charge is -2.26. The fraction of sp³-hybridized carbons (Fsp3) is 0.571. The molecule has 0 fully saturated rings. The van der Waals surface area contributed by atoms with E-state index in [0.717, 1.165) is 0 Å². The van der Waals surface area contributed by atoms with Gasteiger partial charge in [-0.05, 0) is 37.3 Å². The minimum atomic E-state index is -0.230. The summed E-state index contributed by atoms with van der Waals surface area (Å²) < 4.78 is 5.52. The maximum absolute atomic E-state index is 5.52. The van der Waals surface area contributed by atoms with Gasteiger partial charge in [0, 0.05) is 0 Å². The van der Waals surface area contributed by atoms with Crippen molar-refractivity contribution in [3.05, 3.63) is 34.9 Å². The lowest BCUT2D eigenvalue weighted by Crippen LogP contribution is -2.19. The first-order valence-corrected chi connectivity index (χ1v) is 6.47. The first kappa shape index (κ1) is 14.0. The van der Waals surface area contributed by atoms with Gasteiger partial charge in [0.15, 0.2) is 0 Å². The predicted molar refractivity (Wildman–Crippen MR) is 78.0 cm³/mol. The minimum absolute atomic E-state index is 0.183. The molecule has 0 radical (unpaired) electrons. The van der Waals surface area contributed by atoms with Gasteiger partial charge in [0.25, 0.3) is 0 Å². The summed E-state index contributed by atoms with van der Waals surface area (Å²) in [5, 5.41) is 0.